The number of aromatic amines is 1. The number of anilines is 1. The molecule has 3 rings (SSSR count). The molecular formula is C12H19N3. The molecule has 0 saturated heterocycles. The fourth-order valence-corrected chi connectivity index (χ4v) is 2.59. The minimum Gasteiger partial charge on any atom is -0.366 e. The van der Waals surface area contributed by atoms with Gasteiger partial charge in [-0.15, -0.1) is 0 Å². The number of nitrogens with one attached hydrogen (secondary N) is 2. The minimum atomic E-state index is 0.708. The highest BCUT2D eigenvalue weighted by Gasteiger charge is 2.27. The van der Waals surface area contributed by atoms with Crippen molar-refractivity contribution in [2.75, 3.05) is 5.32 Å². The maximum atomic E-state index is 4.44. The van der Waals surface area contributed by atoms with Gasteiger partial charge in [0.05, 0.1) is 0 Å². The first kappa shape index (κ1) is 9.25. The van der Waals surface area contributed by atoms with Gasteiger partial charge in [-0.25, -0.2) is 0 Å². The van der Waals surface area contributed by atoms with E-state index in [0.717, 1.165) is 11.7 Å². The molecule has 0 bridgehead atoms. The lowest BCUT2D eigenvalue weighted by Crippen LogP contribution is -2.10. The summed E-state index contributed by atoms with van der Waals surface area (Å²) < 4.78 is 0. The third kappa shape index (κ3) is 1.64. The molecule has 2 N–H and O–H groups in total. The van der Waals surface area contributed by atoms with Crippen LogP contribution in [0.25, 0.3) is 0 Å². The van der Waals surface area contributed by atoms with E-state index in [1.54, 1.807) is 0 Å². The summed E-state index contributed by atoms with van der Waals surface area (Å²) in [5.74, 6) is 1.86. The molecule has 3 heteroatoms. The number of aromatic nitrogens is 2. The van der Waals surface area contributed by atoms with Crippen LogP contribution in [0.5, 0.6) is 0 Å². The summed E-state index contributed by atoms with van der Waals surface area (Å²) in [5.41, 5.74) is 2.88. The van der Waals surface area contributed by atoms with Gasteiger partial charge >= 0.3 is 0 Å². The van der Waals surface area contributed by atoms with E-state index in [1.165, 1.54) is 49.8 Å². The molecule has 1 aromatic heterocycles. The van der Waals surface area contributed by atoms with E-state index in [2.05, 4.69) is 22.4 Å². The molecule has 1 fully saturated rings. The van der Waals surface area contributed by atoms with E-state index in [1.807, 2.05) is 0 Å². The Labute approximate surface area is 90.7 Å². The highest BCUT2D eigenvalue weighted by Crippen LogP contribution is 2.37. The number of fused-ring (bicyclic) bond motifs is 1. The largest absolute Gasteiger partial charge is 0.366 e. The maximum Gasteiger partial charge on any atom is 0.151 e. The molecule has 0 spiro atoms. The molecule has 0 amide bonds. The van der Waals surface area contributed by atoms with Gasteiger partial charge in [0.1, 0.15) is 0 Å². The summed E-state index contributed by atoms with van der Waals surface area (Å²) in [6.07, 6.45) is 7.73. The van der Waals surface area contributed by atoms with Crippen molar-refractivity contribution in [1.82, 2.24) is 10.2 Å². The first-order valence-corrected chi connectivity index (χ1v) is 6.22. The summed E-state index contributed by atoms with van der Waals surface area (Å²) in [7, 11) is 0. The number of hydrogen-bond donors (Lipinski definition) is 2. The molecule has 1 unspecified atom stereocenters. The molecule has 15 heavy (non-hydrogen) atoms. The van der Waals surface area contributed by atoms with Crippen molar-refractivity contribution in [3.05, 3.63) is 11.3 Å². The highest BCUT2D eigenvalue weighted by atomic mass is 15.2. The van der Waals surface area contributed by atoms with Crippen LogP contribution in [0.4, 0.5) is 5.82 Å². The molecule has 0 aromatic carbocycles. The van der Waals surface area contributed by atoms with Crippen LogP contribution in [0.1, 0.15) is 56.2 Å². The molecule has 1 saturated carbocycles. The smallest absolute Gasteiger partial charge is 0.151 e. The average molecular weight is 205 g/mol. The lowest BCUT2D eigenvalue weighted by molar-refractivity contribution is 0.528. The van der Waals surface area contributed by atoms with Gasteiger partial charge in [0.2, 0.25) is 0 Å². The van der Waals surface area contributed by atoms with Crippen LogP contribution in [-0.2, 0) is 6.42 Å². The molecule has 1 aromatic rings. The van der Waals surface area contributed by atoms with Crippen LogP contribution in [0.15, 0.2) is 0 Å². The van der Waals surface area contributed by atoms with Crippen LogP contribution >= 0.6 is 0 Å². The Bertz CT molecular complexity index is 352. The second kappa shape index (κ2) is 3.54. The molecule has 1 heterocycles. The van der Waals surface area contributed by atoms with Gasteiger partial charge in [0.25, 0.3) is 0 Å². The maximum absolute atomic E-state index is 4.44. The first-order valence-electron chi connectivity index (χ1n) is 6.22. The van der Waals surface area contributed by atoms with Crippen LogP contribution in [-0.4, -0.2) is 16.2 Å². The van der Waals surface area contributed by atoms with Crippen molar-refractivity contribution in [3.8, 4) is 0 Å². The van der Waals surface area contributed by atoms with E-state index in [-0.39, 0.29) is 0 Å². The Hall–Kier alpha value is -0.990. The third-order valence-corrected chi connectivity index (χ3v) is 3.70. The minimum absolute atomic E-state index is 0.708. The Morgan fingerprint density at radius 3 is 3.00 bits per heavy atom. The summed E-state index contributed by atoms with van der Waals surface area (Å²) >= 11 is 0. The molecule has 3 nitrogen and oxygen atoms in total. The molecule has 0 aliphatic heterocycles. The summed E-state index contributed by atoms with van der Waals surface area (Å²) in [5, 5.41) is 11.2. The predicted octanol–water partition coefficient (Wildman–Crippen LogP) is 2.81. The quantitative estimate of drug-likeness (QED) is 0.796. The van der Waals surface area contributed by atoms with Crippen molar-refractivity contribution in [1.29, 1.82) is 0 Å². The van der Waals surface area contributed by atoms with Crippen LogP contribution in [0, 0.1) is 0 Å². The molecule has 0 radical (unpaired) electrons. The van der Waals surface area contributed by atoms with Gasteiger partial charge in [-0.3, -0.25) is 5.10 Å². The van der Waals surface area contributed by atoms with Crippen LogP contribution in [0.2, 0.25) is 0 Å². The summed E-state index contributed by atoms with van der Waals surface area (Å²) in [4.78, 5) is 0. The second-order valence-corrected chi connectivity index (χ2v) is 4.88. The Morgan fingerprint density at radius 2 is 2.27 bits per heavy atom. The van der Waals surface area contributed by atoms with E-state index < -0.39 is 0 Å². The van der Waals surface area contributed by atoms with Gasteiger partial charge in [-0.1, -0.05) is 6.92 Å². The normalized spacial score (nSPS) is 25.0. The molecule has 2 aliphatic carbocycles. The van der Waals surface area contributed by atoms with Crippen molar-refractivity contribution in [3.63, 3.8) is 0 Å². The van der Waals surface area contributed by atoms with Gasteiger partial charge in [-0.2, -0.15) is 5.10 Å². The van der Waals surface area contributed by atoms with Crippen molar-refractivity contribution < 1.29 is 0 Å². The first-order chi connectivity index (χ1) is 7.38. The Balaban J connectivity index is 1.87. The van der Waals surface area contributed by atoms with E-state index >= 15 is 0 Å². The zero-order valence-electron chi connectivity index (χ0n) is 9.34. The fourth-order valence-electron chi connectivity index (χ4n) is 2.59. The number of rotatable bonds is 3. The van der Waals surface area contributed by atoms with Gasteiger partial charge in [0.15, 0.2) is 5.82 Å². The molecule has 82 valence electrons. The standard InChI is InChI=1S/C12H19N3/c1-2-8-4-3-5-10-11(8)14-15-12(10)13-9-6-7-9/h8-9H,2-7H2,1H3,(H2,13,14,15). The fraction of sp³-hybridized carbons (Fsp3) is 0.750. The predicted molar refractivity (Wildman–Crippen MR) is 61.2 cm³/mol. The Kier molecular flexibility index (Phi) is 2.19. The number of nitrogens with zero attached hydrogens (tertiary/aromatic N) is 1. The molecule has 1 atom stereocenters. The zero-order valence-corrected chi connectivity index (χ0v) is 9.34. The highest BCUT2D eigenvalue weighted by molar-refractivity contribution is 5.50. The van der Waals surface area contributed by atoms with Gasteiger partial charge in [0, 0.05) is 23.2 Å². The number of hydrogen-bond acceptors (Lipinski definition) is 2. The van der Waals surface area contributed by atoms with Crippen molar-refractivity contribution in [2.45, 2.75) is 57.4 Å². The lowest BCUT2D eigenvalue weighted by Gasteiger charge is -2.20. The summed E-state index contributed by atoms with van der Waals surface area (Å²) in [6, 6.07) is 0.708. The summed E-state index contributed by atoms with van der Waals surface area (Å²) in [6.45, 7) is 2.27. The molecular weight excluding hydrogens is 186 g/mol. The monoisotopic (exact) mass is 205 g/mol. The van der Waals surface area contributed by atoms with Crippen molar-refractivity contribution >= 4 is 5.82 Å². The number of H-pyrrole nitrogens is 1. The van der Waals surface area contributed by atoms with Crippen LogP contribution in [0.3, 0.4) is 0 Å². The van der Waals surface area contributed by atoms with E-state index in [0.29, 0.717) is 6.04 Å². The SMILES string of the molecule is CCC1CCCc2c(NC3CC3)n[nH]c21. The van der Waals surface area contributed by atoms with Gasteiger partial charge < -0.3 is 5.32 Å². The van der Waals surface area contributed by atoms with E-state index in [4.69, 9.17) is 0 Å². The van der Waals surface area contributed by atoms with Crippen molar-refractivity contribution in [2.24, 2.45) is 0 Å². The molecule has 2 aliphatic rings. The zero-order chi connectivity index (χ0) is 10.3. The average Bonchev–Trinajstić information content (AvgIpc) is 2.99. The van der Waals surface area contributed by atoms with Crippen LogP contribution < -0.4 is 5.32 Å². The lowest BCUT2D eigenvalue weighted by atomic mass is 9.86. The topological polar surface area (TPSA) is 40.7 Å². The third-order valence-electron chi connectivity index (χ3n) is 3.70. The Morgan fingerprint density at radius 1 is 1.40 bits per heavy atom. The second-order valence-electron chi connectivity index (χ2n) is 4.88. The van der Waals surface area contributed by atoms with E-state index in [9.17, 15) is 0 Å². The van der Waals surface area contributed by atoms with Gasteiger partial charge in [-0.05, 0) is 38.5 Å².